The van der Waals surface area contributed by atoms with Gasteiger partial charge in [-0.3, -0.25) is 0 Å². The number of methoxy groups -OCH3 is 2. The van der Waals surface area contributed by atoms with Gasteiger partial charge in [-0.25, -0.2) is 9.59 Å². The molecular formula is C8H14O6. The van der Waals surface area contributed by atoms with E-state index in [0.717, 1.165) is 0 Å². The Bertz CT molecular complexity index is 159. The van der Waals surface area contributed by atoms with Gasteiger partial charge in [-0.05, 0) is 0 Å². The molecule has 0 fully saturated rings. The third-order valence-electron chi connectivity index (χ3n) is 1.27. The number of hydrogen-bond donors (Lipinski definition) is 0. The van der Waals surface area contributed by atoms with Crippen molar-refractivity contribution < 1.29 is 28.5 Å². The lowest BCUT2D eigenvalue weighted by Gasteiger charge is -2.03. The van der Waals surface area contributed by atoms with Crippen molar-refractivity contribution in [2.45, 2.75) is 0 Å². The molecule has 0 aliphatic rings. The van der Waals surface area contributed by atoms with E-state index in [0.29, 0.717) is 0 Å². The topological polar surface area (TPSA) is 71.1 Å². The first kappa shape index (κ1) is 12.9. The molecule has 0 aliphatic heterocycles. The summed E-state index contributed by atoms with van der Waals surface area (Å²) in [6.45, 7) is 0.231. The Kier molecular flexibility index (Phi) is 7.77. The number of esters is 2. The van der Waals surface area contributed by atoms with Crippen LogP contribution in [0.3, 0.4) is 0 Å². The highest BCUT2D eigenvalue weighted by Gasteiger charge is 2.01. The summed E-state index contributed by atoms with van der Waals surface area (Å²) in [5.74, 6) is -0.893. The minimum absolute atomic E-state index is 0.113. The highest BCUT2D eigenvalue weighted by molar-refractivity contribution is 5.70. The van der Waals surface area contributed by atoms with Crippen LogP contribution in [0.4, 0.5) is 0 Å². The Balaban J connectivity index is 3.14. The van der Waals surface area contributed by atoms with E-state index < -0.39 is 11.9 Å². The smallest absolute Gasteiger partial charge is 0.331 e. The lowest BCUT2D eigenvalue weighted by molar-refractivity contribution is -0.149. The summed E-state index contributed by atoms with van der Waals surface area (Å²) in [7, 11) is 2.55. The van der Waals surface area contributed by atoms with E-state index in [1.165, 1.54) is 14.2 Å². The molecule has 0 bridgehead atoms. The molecule has 0 atom stereocenters. The van der Waals surface area contributed by atoms with E-state index in [2.05, 4.69) is 9.47 Å². The van der Waals surface area contributed by atoms with Gasteiger partial charge in [0, 0.05) is 0 Å². The van der Waals surface area contributed by atoms with Crippen LogP contribution >= 0.6 is 0 Å². The molecule has 0 aromatic rings. The third-order valence-corrected chi connectivity index (χ3v) is 1.27. The Morgan fingerprint density at radius 3 is 1.50 bits per heavy atom. The van der Waals surface area contributed by atoms with Crippen molar-refractivity contribution >= 4 is 11.9 Å². The number of ether oxygens (including phenoxy) is 4. The summed E-state index contributed by atoms with van der Waals surface area (Å²) in [6, 6.07) is 0. The molecule has 0 saturated carbocycles. The predicted octanol–water partition coefficient (Wildman–Crippen LogP) is -0.634. The van der Waals surface area contributed by atoms with E-state index in [1.54, 1.807) is 0 Å². The van der Waals surface area contributed by atoms with E-state index in [1.807, 2.05) is 0 Å². The van der Waals surface area contributed by atoms with Crippen molar-refractivity contribution in [1.82, 2.24) is 0 Å². The summed E-state index contributed by atoms with van der Waals surface area (Å²) >= 11 is 0. The van der Waals surface area contributed by atoms with Gasteiger partial charge in [0.1, 0.15) is 13.2 Å². The second-order valence-electron chi connectivity index (χ2n) is 2.26. The first-order chi connectivity index (χ1) is 6.70. The monoisotopic (exact) mass is 206 g/mol. The van der Waals surface area contributed by atoms with Crippen LogP contribution in [0.1, 0.15) is 0 Å². The number of carbonyl (C=O) groups excluding carboxylic acids is 2. The van der Waals surface area contributed by atoms with Gasteiger partial charge in [0.15, 0.2) is 0 Å². The van der Waals surface area contributed by atoms with Crippen molar-refractivity contribution in [2.24, 2.45) is 0 Å². The second-order valence-corrected chi connectivity index (χ2v) is 2.26. The molecular weight excluding hydrogens is 192 g/mol. The maximum absolute atomic E-state index is 10.5. The summed E-state index contributed by atoms with van der Waals surface area (Å²) < 4.78 is 18.4. The number of hydrogen-bond acceptors (Lipinski definition) is 6. The van der Waals surface area contributed by atoms with Crippen LogP contribution in [0, 0.1) is 0 Å². The quantitative estimate of drug-likeness (QED) is 0.408. The fourth-order valence-corrected chi connectivity index (χ4v) is 0.547. The highest BCUT2D eigenvalue weighted by Crippen LogP contribution is 1.82. The third kappa shape index (κ3) is 7.51. The van der Waals surface area contributed by atoms with Gasteiger partial charge in [0.2, 0.25) is 0 Å². The largest absolute Gasteiger partial charge is 0.467 e. The van der Waals surface area contributed by atoms with Gasteiger partial charge in [0.25, 0.3) is 0 Å². The molecule has 0 radical (unpaired) electrons. The molecule has 0 saturated heterocycles. The van der Waals surface area contributed by atoms with Gasteiger partial charge < -0.3 is 18.9 Å². The molecule has 0 spiro atoms. The Labute approximate surface area is 82.1 Å². The van der Waals surface area contributed by atoms with Crippen molar-refractivity contribution in [3.05, 3.63) is 0 Å². The molecule has 6 nitrogen and oxygen atoms in total. The minimum atomic E-state index is -0.446. The fraction of sp³-hybridized carbons (Fsp3) is 0.750. The van der Waals surface area contributed by atoms with E-state index in [4.69, 9.17) is 9.47 Å². The maximum Gasteiger partial charge on any atom is 0.331 e. The first-order valence-electron chi connectivity index (χ1n) is 3.99. The molecule has 82 valence electrons. The van der Waals surface area contributed by atoms with E-state index >= 15 is 0 Å². The maximum atomic E-state index is 10.5. The summed E-state index contributed by atoms with van der Waals surface area (Å²) in [5, 5.41) is 0. The standard InChI is InChI=1S/C8H14O6/c1-11-7(9)5-13-3-4-14-6-8(10)12-2/h3-6H2,1-2H3. The molecule has 0 aliphatic carbocycles. The normalized spacial score (nSPS) is 9.57. The zero-order valence-electron chi connectivity index (χ0n) is 8.28. The molecule has 0 unspecified atom stereocenters. The van der Waals surface area contributed by atoms with Gasteiger partial charge in [-0.15, -0.1) is 0 Å². The Morgan fingerprint density at radius 2 is 1.21 bits per heavy atom. The fourth-order valence-electron chi connectivity index (χ4n) is 0.547. The average Bonchev–Trinajstić information content (AvgIpc) is 2.22. The summed E-state index contributed by atoms with van der Waals surface area (Å²) in [4.78, 5) is 21.1. The van der Waals surface area contributed by atoms with Gasteiger partial charge >= 0.3 is 11.9 Å². The lowest BCUT2D eigenvalue weighted by atomic mass is 10.7. The van der Waals surface area contributed by atoms with Gasteiger partial charge in [-0.1, -0.05) is 0 Å². The van der Waals surface area contributed by atoms with Crippen LogP contribution in [0.15, 0.2) is 0 Å². The van der Waals surface area contributed by atoms with Crippen LogP contribution < -0.4 is 0 Å². The first-order valence-corrected chi connectivity index (χ1v) is 3.99. The molecule has 14 heavy (non-hydrogen) atoms. The van der Waals surface area contributed by atoms with Gasteiger partial charge in [0.05, 0.1) is 27.4 Å². The molecule has 0 amide bonds. The van der Waals surface area contributed by atoms with Crippen LogP contribution in [-0.4, -0.2) is 52.6 Å². The molecule has 0 aromatic carbocycles. The van der Waals surface area contributed by atoms with Crippen molar-refractivity contribution in [3.63, 3.8) is 0 Å². The number of carbonyl (C=O) groups is 2. The Hall–Kier alpha value is -1.14. The van der Waals surface area contributed by atoms with Gasteiger partial charge in [-0.2, -0.15) is 0 Å². The summed E-state index contributed by atoms with van der Waals surface area (Å²) in [5.41, 5.74) is 0. The van der Waals surface area contributed by atoms with Crippen molar-refractivity contribution in [1.29, 1.82) is 0 Å². The minimum Gasteiger partial charge on any atom is -0.467 e. The second kappa shape index (κ2) is 8.46. The van der Waals surface area contributed by atoms with Crippen molar-refractivity contribution in [3.8, 4) is 0 Å². The highest BCUT2D eigenvalue weighted by atomic mass is 16.6. The average molecular weight is 206 g/mol. The van der Waals surface area contributed by atoms with Crippen LogP contribution in [0.25, 0.3) is 0 Å². The van der Waals surface area contributed by atoms with E-state index in [9.17, 15) is 9.59 Å². The molecule has 0 heterocycles. The van der Waals surface area contributed by atoms with Crippen LogP contribution in [0.2, 0.25) is 0 Å². The van der Waals surface area contributed by atoms with Crippen LogP contribution in [-0.2, 0) is 28.5 Å². The molecule has 0 rings (SSSR count). The zero-order chi connectivity index (χ0) is 10.8. The predicted molar refractivity (Wildman–Crippen MR) is 45.7 cm³/mol. The zero-order valence-corrected chi connectivity index (χ0v) is 8.28. The molecule has 0 aromatic heterocycles. The molecule has 6 heteroatoms. The SMILES string of the molecule is COC(=O)COCCOCC(=O)OC. The lowest BCUT2D eigenvalue weighted by Crippen LogP contribution is -2.16. The Morgan fingerprint density at radius 1 is 0.857 bits per heavy atom. The summed E-state index contributed by atoms with van der Waals surface area (Å²) in [6.07, 6.45) is 0. The number of rotatable bonds is 7. The molecule has 0 N–H and O–H groups in total. The van der Waals surface area contributed by atoms with E-state index in [-0.39, 0.29) is 26.4 Å². The van der Waals surface area contributed by atoms with Crippen LogP contribution in [0.5, 0.6) is 0 Å². The van der Waals surface area contributed by atoms with Crippen molar-refractivity contribution in [2.75, 3.05) is 40.6 Å².